The van der Waals surface area contributed by atoms with Gasteiger partial charge in [-0.05, 0) is 37.2 Å². The summed E-state index contributed by atoms with van der Waals surface area (Å²) in [6, 6.07) is 18.0. The first kappa shape index (κ1) is 21.8. The number of halogens is 1. The third kappa shape index (κ3) is 7.46. The molecule has 1 aliphatic rings. The Hall–Kier alpha value is -1.89. The lowest BCUT2D eigenvalue weighted by Crippen LogP contribution is -2.47. The van der Waals surface area contributed by atoms with Crippen molar-refractivity contribution in [3.05, 3.63) is 64.6 Å². The highest BCUT2D eigenvalue weighted by atomic mass is 79.9. The Bertz CT molecular complexity index is 764. The van der Waals surface area contributed by atoms with E-state index in [1.165, 1.54) is 0 Å². The van der Waals surface area contributed by atoms with Gasteiger partial charge in [-0.1, -0.05) is 52.3 Å². The topological polar surface area (TPSA) is 44.8 Å². The number of rotatable bonds is 9. The van der Waals surface area contributed by atoms with Crippen molar-refractivity contribution >= 4 is 21.8 Å². The summed E-state index contributed by atoms with van der Waals surface area (Å²) in [5.41, 5.74) is 1.16. The Balaban J connectivity index is 1.48. The van der Waals surface area contributed by atoms with Crippen LogP contribution in [0, 0.1) is 0 Å². The molecule has 0 bridgehead atoms. The van der Waals surface area contributed by atoms with Gasteiger partial charge in [-0.25, -0.2) is 0 Å². The van der Waals surface area contributed by atoms with Gasteiger partial charge in [0.05, 0.1) is 12.6 Å². The number of carbonyl (C=O) groups is 1. The molecule has 1 amide bonds. The average Bonchev–Trinajstić information content (AvgIpc) is 2.73. The summed E-state index contributed by atoms with van der Waals surface area (Å²) < 4.78 is 6.72. The Morgan fingerprint density at radius 3 is 2.59 bits per heavy atom. The molecule has 1 saturated heterocycles. The Labute approximate surface area is 182 Å². The van der Waals surface area contributed by atoms with Crippen molar-refractivity contribution in [3.63, 3.8) is 0 Å². The van der Waals surface area contributed by atoms with Gasteiger partial charge < -0.3 is 15.0 Å². The molecule has 1 fully saturated rings. The number of benzene rings is 2. The van der Waals surface area contributed by atoms with Crippen LogP contribution in [-0.2, 0) is 4.79 Å². The highest BCUT2D eigenvalue weighted by Gasteiger charge is 2.21. The molecule has 5 nitrogen and oxygen atoms in total. The van der Waals surface area contributed by atoms with E-state index in [1.54, 1.807) is 0 Å². The zero-order chi connectivity index (χ0) is 20.5. The summed E-state index contributed by atoms with van der Waals surface area (Å²) in [7, 11) is 2.16. The van der Waals surface area contributed by atoms with E-state index >= 15 is 0 Å². The zero-order valence-corrected chi connectivity index (χ0v) is 18.6. The predicted molar refractivity (Wildman–Crippen MR) is 120 cm³/mol. The second-order valence-electron chi connectivity index (χ2n) is 7.54. The van der Waals surface area contributed by atoms with Crippen LogP contribution in [0.4, 0.5) is 0 Å². The monoisotopic (exact) mass is 459 g/mol. The molecule has 1 atom stereocenters. The van der Waals surface area contributed by atoms with E-state index in [9.17, 15) is 4.79 Å². The van der Waals surface area contributed by atoms with Crippen molar-refractivity contribution in [3.8, 4) is 5.75 Å². The van der Waals surface area contributed by atoms with Crippen LogP contribution in [0.2, 0.25) is 0 Å². The first-order valence-corrected chi connectivity index (χ1v) is 11.0. The molecule has 156 valence electrons. The fraction of sp³-hybridized carbons (Fsp3) is 0.435. The first-order valence-electron chi connectivity index (χ1n) is 10.2. The maximum absolute atomic E-state index is 12.6. The summed E-state index contributed by atoms with van der Waals surface area (Å²) >= 11 is 3.44. The lowest BCUT2D eigenvalue weighted by Gasteiger charge is -2.35. The van der Waals surface area contributed by atoms with Crippen molar-refractivity contribution in [2.75, 3.05) is 46.4 Å². The van der Waals surface area contributed by atoms with Crippen LogP contribution in [0.5, 0.6) is 5.75 Å². The van der Waals surface area contributed by atoms with Crippen LogP contribution in [0.3, 0.4) is 0 Å². The second kappa shape index (κ2) is 11.3. The third-order valence-corrected chi connectivity index (χ3v) is 5.68. The van der Waals surface area contributed by atoms with Crippen LogP contribution in [0.15, 0.2) is 59.1 Å². The van der Waals surface area contributed by atoms with Crippen molar-refractivity contribution in [1.82, 2.24) is 15.1 Å². The smallest absolute Gasteiger partial charge is 0.220 e. The number of piperazine rings is 1. The molecule has 2 aromatic carbocycles. The molecular formula is C23H30BrN3O2. The number of ether oxygens (including phenoxy) is 1. The largest absolute Gasteiger partial charge is 0.494 e. The Morgan fingerprint density at radius 1 is 1.10 bits per heavy atom. The van der Waals surface area contributed by atoms with Gasteiger partial charge in [0, 0.05) is 43.6 Å². The predicted octanol–water partition coefficient (Wildman–Crippen LogP) is 3.71. The number of nitrogens with one attached hydrogen (secondary N) is 1. The number of likely N-dealkylation sites (N-methyl/N-ethyl adjacent to an activating group) is 1. The van der Waals surface area contributed by atoms with Gasteiger partial charge in [-0.15, -0.1) is 0 Å². The van der Waals surface area contributed by atoms with Crippen LogP contribution < -0.4 is 10.1 Å². The molecule has 0 radical (unpaired) electrons. The minimum Gasteiger partial charge on any atom is -0.494 e. The van der Waals surface area contributed by atoms with E-state index in [4.69, 9.17) is 4.74 Å². The molecule has 3 rings (SSSR count). The summed E-state index contributed by atoms with van der Waals surface area (Å²) in [6.45, 7) is 5.59. The maximum Gasteiger partial charge on any atom is 0.220 e. The Kier molecular flexibility index (Phi) is 8.52. The zero-order valence-electron chi connectivity index (χ0n) is 17.0. The van der Waals surface area contributed by atoms with Gasteiger partial charge in [0.2, 0.25) is 5.91 Å². The molecule has 0 aromatic heterocycles. The van der Waals surface area contributed by atoms with Gasteiger partial charge in [0.25, 0.3) is 0 Å². The van der Waals surface area contributed by atoms with E-state index in [2.05, 4.69) is 50.2 Å². The van der Waals surface area contributed by atoms with E-state index in [-0.39, 0.29) is 11.9 Å². The lowest BCUT2D eigenvalue weighted by atomic mass is 10.1. The van der Waals surface area contributed by atoms with E-state index in [1.807, 2.05) is 42.5 Å². The van der Waals surface area contributed by atoms with E-state index in [0.29, 0.717) is 19.4 Å². The normalized spacial score (nSPS) is 16.3. The van der Waals surface area contributed by atoms with E-state index in [0.717, 1.165) is 48.5 Å². The molecular weight excluding hydrogens is 430 g/mol. The van der Waals surface area contributed by atoms with Crippen LogP contribution in [0.1, 0.15) is 24.4 Å². The number of carbonyl (C=O) groups excluding carboxylic acids is 1. The fourth-order valence-corrected chi connectivity index (χ4v) is 3.83. The standard InChI is InChI=1S/C23H30BrN3O2/c1-26-12-14-27(15-13-26)18-22(19-7-3-2-4-8-19)25-23(28)11-6-16-29-21-10-5-9-20(24)17-21/h2-5,7-10,17,22H,6,11-16,18H2,1H3,(H,25,28). The van der Waals surface area contributed by atoms with Crippen molar-refractivity contribution in [1.29, 1.82) is 0 Å². The van der Waals surface area contributed by atoms with Gasteiger partial charge >= 0.3 is 0 Å². The first-order chi connectivity index (χ1) is 14.1. The molecule has 0 spiro atoms. The fourth-order valence-electron chi connectivity index (χ4n) is 3.45. The SMILES string of the molecule is CN1CCN(CC(NC(=O)CCCOc2cccc(Br)c2)c2ccccc2)CC1. The number of hydrogen-bond donors (Lipinski definition) is 1. The third-order valence-electron chi connectivity index (χ3n) is 5.19. The van der Waals surface area contributed by atoms with Crippen LogP contribution in [-0.4, -0.2) is 62.1 Å². The second-order valence-corrected chi connectivity index (χ2v) is 8.46. The summed E-state index contributed by atoms with van der Waals surface area (Å²) in [4.78, 5) is 17.4. The molecule has 1 N–H and O–H groups in total. The Morgan fingerprint density at radius 2 is 1.86 bits per heavy atom. The summed E-state index contributed by atoms with van der Waals surface area (Å²) in [5.74, 6) is 0.892. The average molecular weight is 460 g/mol. The molecule has 29 heavy (non-hydrogen) atoms. The van der Waals surface area contributed by atoms with Crippen molar-refractivity contribution < 1.29 is 9.53 Å². The number of nitrogens with zero attached hydrogens (tertiary/aromatic N) is 2. The maximum atomic E-state index is 12.6. The molecule has 0 aliphatic carbocycles. The molecule has 0 saturated carbocycles. The highest BCUT2D eigenvalue weighted by molar-refractivity contribution is 9.10. The number of hydrogen-bond acceptors (Lipinski definition) is 4. The minimum absolute atomic E-state index is 0.0121. The minimum atomic E-state index is 0.0121. The molecule has 1 heterocycles. The lowest BCUT2D eigenvalue weighted by molar-refractivity contribution is -0.122. The molecule has 2 aromatic rings. The van der Waals surface area contributed by atoms with Crippen molar-refractivity contribution in [2.24, 2.45) is 0 Å². The summed E-state index contributed by atoms with van der Waals surface area (Å²) in [5, 5.41) is 3.24. The molecule has 6 heteroatoms. The van der Waals surface area contributed by atoms with E-state index < -0.39 is 0 Å². The molecule has 1 unspecified atom stereocenters. The van der Waals surface area contributed by atoms with Crippen LogP contribution >= 0.6 is 15.9 Å². The number of amides is 1. The van der Waals surface area contributed by atoms with Crippen LogP contribution in [0.25, 0.3) is 0 Å². The summed E-state index contributed by atoms with van der Waals surface area (Å²) in [6.07, 6.45) is 1.15. The van der Waals surface area contributed by atoms with Gasteiger partial charge in [-0.3, -0.25) is 9.69 Å². The van der Waals surface area contributed by atoms with Crippen molar-refractivity contribution in [2.45, 2.75) is 18.9 Å². The molecule has 1 aliphatic heterocycles. The van der Waals surface area contributed by atoms with Gasteiger partial charge in [0.1, 0.15) is 5.75 Å². The van der Waals surface area contributed by atoms with Gasteiger partial charge in [0.15, 0.2) is 0 Å². The highest BCUT2D eigenvalue weighted by Crippen LogP contribution is 2.18. The quantitative estimate of drug-likeness (QED) is 0.580. The van der Waals surface area contributed by atoms with Gasteiger partial charge in [-0.2, -0.15) is 0 Å².